The van der Waals surface area contributed by atoms with Crippen LogP contribution in [0.1, 0.15) is 17.0 Å². The van der Waals surface area contributed by atoms with Crippen LogP contribution in [0.25, 0.3) is 10.2 Å². The molecule has 1 atom stereocenters. The van der Waals surface area contributed by atoms with Crippen LogP contribution in [0.2, 0.25) is 0 Å². The number of ether oxygens (including phenoxy) is 1. The third kappa shape index (κ3) is 3.18. The van der Waals surface area contributed by atoms with E-state index in [-0.39, 0.29) is 12.1 Å². The number of aryl methyl sites for hydroxylation is 1. The normalized spacial score (nSPS) is 16.2. The summed E-state index contributed by atoms with van der Waals surface area (Å²) >= 11 is 1.07. The number of carbonyl (C=O) groups excluding carboxylic acids is 1. The number of fused-ring (bicyclic) bond motifs is 2. The highest BCUT2D eigenvalue weighted by Crippen LogP contribution is 2.39. The first-order valence-electron chi connectivity index (χ1n) is 8.37. The minimum Gasteiger partial charge on any atom is -0.481 e. The topological polar surface area (TPSA) is 79.7 Å². The maximum absolute atomic E-state index is 14.0. The van der Waals surface area contributed by atoms with E-state index in [1.54, 1.807) is 25.1 Å². The monoisotopic (exact) mass is 404 g/mol. The Bertz CT molecular complexity index is 1110. The van der Waals surface area contributed by atoms with E-state index in [0.717, 1.165) is 23.0 Å². The molecule has 0 fully saturated rings. The molecule has 1 aliphatic heterocycles. The second kappa shape index (κ2) is 6.83. The Morgan fingerprint density at radius 1 is 1.36 bits per heavy atom. The molecule has 9 heteroatoms. The summed E-state index contributed by atoms with van der Waals surface area (Å²) in [5.74, 6) is -2.73. The number of carbonyl (C=O) groups is 2. The number of para-hydroxylation sites is 1. The van der Waals surface area contributed by atoms with E-state index < -0.39 is 36.0 Å². The third-order valence-corrected chi connectivity index (χ3v) is 5.38. The SMILES string of the molecule is Cc1cccc2c1OC(CC(=O)O)C(=O)N2Cc1nc2c(F)cc(F)cc2s1. The smallest absolute Gasteiger partial charge is 0.307 e. The number of hydrogen-bond donors (Lipinski definition) is 1. The summed E-state index contributed by atoms with van der Waals surface area (Å²) < 4.78 is 33.4. The molecule has 0 saturated heterocycles. The van der Waals surface area contributed by atoms with Gasteiger partial charge in [-0.3, -0.25) is 14.5 Å². The lowest BCUT2D eigenvalue weighted by atomic mass is 10.1. The first-order valence-corrected chi connectivity index (χ1v) is 9.19. The average Bonchev–Trinajstić information content (AvgIpc) is 3.02. The molecular weight excluding hydrogens is 390 g/mol. The molecule has 28 heavy (non-hydrogen) atoms. The van der Waals surface area contributed by atoms with Gasteiger partial charge in [0.05, 0.1) is 23.4 Å². The van der Waals surface area contributed by atoms with Gasteiger partial charge in [-0.2, -0.15) is 0 Å². The highest BCUT2D eigenvalue weighted by atomic mass is 32.1. The maximum atomic E-state index is 14.0. The van der Waals surface area contributed by atoms with Crippen LogP contribution in [0, 0.1) is 18.6 Å². The van der Waals surface area contributed by atoms with E-state index in [1.165, 1.54) is 11.0 Å². The summed E-state index contributed by atoms with van der Waals surface area (Å²) in [5.41, 5.74) is 1.27. The van der Waals surface area contributed by atoms with E-state index >= 15 is 0 Å². The highest BCUT2D eigenvalue weighted by Gasteiger charge is 2.37. The van der Waals surface area contributed by atoms with Crippen molar-refractivity contribution in [3.63, 3.8) is 0 Å². The van der Waals surface area contributed by atoms with Crippen molar-refractivity contribution >= 4 is 39.1 Å². The first kappa shape index (κ1) is 18.3. The molecule has 3 aromatic rings. The standard InChI is InChI=1S/C19H14F2N2O4S/c1-9-3-2-4-12-18(9)27-13(7-16(24)25)19(26)23(12)8-15-22-17-11(21)5-10(20)6-14(17)28-15/h2-6,13H,7-8H2,1H3,(H,24,25). The minimum absolute atomic E-state index is 0.00479. The van der Waals surface area contributed by atoms with Gasteiger partial charge in [0.25, 0.3) is 5.91 Å². The molecule has 1 aromatic heterocycles. The van der Waals surface area contributed by atoms with Gasteiger partial charge in [-0.05, 0) is 24.6 Å². The van der Waals surface area contributed by atoms with E-state index in [4.69, 9.17) is 9.84 Å². The summed E-state index contributed by atoms with van der Waals surface area (Å²) in [6.45, 7) is 1.79. The van der Waals surface area contributed by atoms with Crippen molar-refractivity contribution in [2.75, 3.05) is 4.90 Å². The number of rotatable bonds is 4. The molecule has 4 rings (SSSR count). The lowest BCUT2D eigenvalue weighted by Gasteiger charge is -2.34. The number of hydrogen-bond acceptors (Lipinski definition) is 5. The van der Waals surface area contributed by atoms with Gasteiger partial charge in [0.2, 0.25) is 0 Å². The Morgan fingerprint density at radius 3 is 2.89 bits per heavy atom. The van der Waals surface area contributed by atoms with Crippen molar-refractivity contribution in [1.29, 1.82) is 0 Å². The van der Waals surface area contributed by atoms with Crippen molar-refractivity contribution < 1.29 is 28.2 Å². The number of halogens is 2. The molecule has 1 aliphatic rings. The van der Waals surface area contributed by atoms with Crippen LogP contribution in [0.3, 0.4) is 0 Å². The van der Waals surface area contributed by atoms with Gasteiger partial charge < -0.3 is 9.84 Å². The molecule has 6 nitrogen and oxygen atoms in total. The minimum atomic E-state index is -1.17. The van der Waals surface area contributed by atoms with Crippen LogP contribution in [0.15, 0.2) is 30.3 Å². The number of nitrogens with zero attached hydrogens (tertiary/aromatic N) is 2. The predicted octanol–water partition coefficient (Wildman–Crippen LogP) is 3.65. The zero-order valence-corrected chi connectivity index (χ0v) is 15.4. The number of benzene rings is 2. The lowest BCUT2D eigenvalue weighted by molar-refractivity contribution is -0.142. The maximum Gasteiger partial charge on any atom is 0.307 e. The quantitative estimate of drug-likeness (QED) is 0.718. The van der Waals surface area contributed by atoms with Gasteiger partial charge in [0.15, 0.2) is 11.9 Å². The molecule has 0 saturated carbocycles. The number of thiazole rings is 1. The molecule has 0 aliphatic carbocycles. The fourth-order valence-electron chi connectivity index (χ4n) is 3.14. The molecule has 0 bridgehead atoms. The molecule has 2 aromatic carbocycles. The van der Waals surface area contributed by atoms with Crippen molar-refractivity contribution in [2.24, 2.45) is 0 Å². The predicted molar refractivity (Wildman–Crippen MR) is 98.6 cm³/mol. The second-order valence-corrected chi connectivity index (χ2v) is 7.51. The summed E-state index contributed by atoms with van der Waals surface area (Å²) in [4.78, 5) is 29.5. The fourth-order valence-corrected chi connectivity index (χ4v) is 4.14. The number of carboxylic acids is 1. The molecule has 2 heterocycles. The van der Waals surface area contributed by atoms with E-state index in [9.17, 15) is 18.4 Å². The molecule has 0 spiro atoms. The number of aliphatic carboxylic acids is 1. The molecule has 0 radical (unpaired) electrons. The third-order valence-electron chi connectivity index (χ3n) is 4.39. The number of carboxylic acid groups (broad SMARTS) is 1. The van der Waals surface area contributed by atoms with Gasteiger partial charge in [0.1, 0.15) is 22.1 Å². The summed E-state index contributed by atoms with van der Waals surface area (Å²) in [7, 11) is 0. The Hall–Kier alpha value is -3.07. The number of amides is 1. The first-order chi connectivity index (χ1) is 13.3. The Morgan fingerprint density at radius 2 is 2.14 bits per heavy atom. The van der Waals surface area contributed by atoms with Gasteiger partial charge in [-0.25, -0.2) is 13.8 Å². The number of anilines is 1. The average molecular weight is 404 g/mol. The largest absolute Gasteiger partial charge is 0.481 e. The van der Waals surface area contributed by atoms with E-state index in [1.807, 2.05) is 0 Å². The fraction of sp³-hybridized carbons (Fsp3) is 0.211. The van der Waals surface area contributed by atoms with Crippen LogP contribution in [0.4, 0.5) is 14.5 Å². The van der Waals surface area contributed by atoms with Crippen LogP contribution >= 0.6 is 11.3 Å². The summed E-state index contributed by atoms with van der Waals surface area (Å²) in [6.07, 6.45) is -1.65. The zero-order valence-electron chi connectivity index (χ0n) is 14.6. The van der Waals surface area contributed by atoms with Crippen molar-refractivity contribution in [1.82, 2.24) is 4.98 Å². The van der Waals surface area contributed by atoms with Crippen LogP contribution < -0.4 is 9.64 Å². The summed E-state index contributed by atoms with van der Waals surface area (Å²) in [6, 6.07) is 7.17. The zero-order chi connectivity index (χ0) is 20.0. The summed E-state index contributed by atoms with van der Waals surface area (Å²) in [5, 5.41) is 9.49. The van der Waals surface area contributed by atoms with Crippen molar-refractivity contribution in [3.05, 3.63) is 52.5 Å². The van der Waals surface area contributed by atoms with Crippen molar-refractivity contribution in [3.8, 4) is 5.75 Å². The Labute approximate surface area is 162 Å². The van der Waals surface area contributed by atoms with Gasteiger partial charge in [-0.15, -0.1) is 11.3 Å². The molecule has 144 valence electrons. The lowest BCUT2D eigenvalue weighted by Crippen LogP contribution is -2.46. The van der Waals surface area contributed by atoms with Crippen LogP contribution in [-0.2, 0) is 16.1 Å². The van der Waals surface area contributed by atoms with E-state index in [2.05, 4.69) is 4.98 Å². The van der Waals surface area contributed by atoms with E-state index in [0.29, 0.717) is 21.1 Å². The van der Waals surface area contributed by atoms with Gasteiger partial charge in [-0.1, -0.05) is 12.1 Å². The Balaban J connectivity index is 1.75. The van der Waals surface area contributed by atoms with Crippen LogP contribution in [0.5, 0.6) is 5.75 Å². The van der Waals surface area contributed by atoms with Gasteiger partial charge >= 0.3 is 5.97 Å². The highest BCUT2D eigenvalue weighted by molar-refractivity contribution is 7.18. The molecular formula is C19H14F2N2O4S. The van der Waals surface area contributed by atoms with Gasteiger partial charge in [0, 0.05) is 6.07 Å². The van der Waals surface area contributed by atoms with Crippen molar-refractivity contribution in [2.45, 2.75) is 26.0 Å². The molecule has 1 amide bonds. The molecule has 1 N–H and O–H groups in total. The molecule has 1 unspecified atom stereocenters. The number of aromatic nitrogens is 1. The Kier molecular flexibility index (Phi) is 4.46. The van der Waals surface area contributed by atoms with Crippen LogP contribution in [-0.4, -0.2) is 28.1 Å². The second-order valence-electron chi connectivity index (χ2n) is 6.39.